The summed E-state index contributed by atoms with van der Waals surface area (Å²) in [6.45, 7) is 7.41. The van der Waals surface area contributed by atoms with Gasteiger partial charge in [-0.1, -0.05) is 46.5 Å². The first-order valence-electron chi connectivity index (χ1n) is 8.63. The topological polar surface area (TPSA) is 0 Å². The quantitative estimate of drug-likeness (QED) is 0.539. The monoisotopic (exact) mass is 248 g/mol. The number of rotatable bonds is 5. The summed E-state index contributed by atoms with van der Waals surface area (Å²) in [4.78, 5) is 0. The predicted molar refractivity (Wildman–Crippen MR) is 78.5 cm³/mol. The van der Waals surface area contributed by atoms with E-state index in [1.807, 2.05) is 0 Å². The second-order valence-electron chi connectivity index (χ2n) is 8.11. The van der Waals surface area contributed by atoms with E-state index in [1.165, 1.54) is 25.7 Å². The first-order valence-corrected chi connectivity index (χ1v) is 8.63. The minimum atomic E-state index is 0.760. The fraction of sp³-hybridized carbons (Fsp3) is 1.00. The average molecular weight is 248 g/mol. The summed E-state index contributed by atoms with van der Waals surface area (Å²) < 4.78 is 0. The van der Waals surface area contributed by atoms with Crippen molar-refractivity contribution in [2.45, 2.75) is 85.0 Å². The lowest BCUT2D eigenvalue weighted by Crippen LogP contribution is -2.56. The Morgan fingerprint density at radius 1 is 1.06 bits per heavy atom. The largest absolute Gasteiger partial charge is 0.0654 e. The molecular formula is C18H32. The third-order valence-corrected chi connectivity index (χ3v) is 7.16. The maximum atomic E-state index is 2.59. The van der Waals surface area contributed by atoms with Crippen molar-refractivity contribution < 1.29 is 0 Å². The lowest BCUT2D eigenvalue weighted by atomic mass is 9.39. The molecule has 5 atom stereocenters. The van der Waals surface area contributed by atoms with E-state index in [4.69, 9.17) is 0 Å². The van der Waals surface area contributed by atoms with E-state index in [-0.39, 0.29) is 0 Å². The molecule has 4 rings (SSSR count). The minimum Gasteiger partial charge on any atom is -0.0654 e. The van der Waals surface area contributed by atoms with Crippen LogP contribution in [0.15, 0.2) is 0 Å². The van der Waals surface area contributed by atoms with Gasteiger partial charge in [-0.25, -0.2) is 0 Å². The fourth-order valence-electron chi connectivity index (χ4n) is 6.40. The molecule has 4 saturated carbocycles. The Balaban J connectivity index is 1.78. The Kier molecular flexibility index (Phi) is 3.27. The third kappa shape index (κ3) is 1.86. The van der Waals surface area contributed by atoms with Crippen molar-refractivity contribution in [3.05, 3.63) is 0 Å². The van der Waals surface area contributed by atoms with Gasteiger partial charge >= 0.3 is 0 Å². The van der Waals surface area contributed by atoms with Crippen LogP contribution in [-0.2, 0) is 0 Å². The van der Waals surface area contributed by atoms with Crippen LogP contribution in [0.5, 0.6) is 0 Å². The van der Waals surface area contributed by atoms with Crippen LogP contribution >= 0.6 is 0 Å². The molecule has 0 N–H and O–H groups in total. The Morgan fingerprint density at radius 2 is 1.89 bits per heavy atom. The third-order valence-electron chi connectivity index (χ3n) is 7.16. The highest BCUT2D eigenvalue weighted by Crippen LogP contribution is 2.69. The maximum Gasteiger partial charge on any atom is -0.0264 e. The zero-order valence-corrected chi connectivity index (χ0v) is 12.8. The Labute approximate surface area is 114 Å². The van der Waals surface area contributed by atoms with Crippen molar-refractivity contribution in [1.82, 2.24) is 0 Å². The molecular weight excluding hydrogens is 216 g/mol. The lowest BCUT2D eigenvalue weighted by molar-refractivity contribution is -0.154. The van der Waals surface area contributed by atoms with Crippen LogP contribution in [0.4, 0.5) is 0 Å². The van der Waals surface area contributed by atoms with Crippen molar-refractivity contribution >= 4 is 0 Å². The zero-order chi connectivity index (χ0) is 12.8. The highest BCUT2D eigenvalue weighted by molar-refractivity contribution is 5.09. The van der Waals surface area contributed by atoms with Crippen molar-refractivity contribution in [2.75, 3.05) is 0 Å². The molecule has 4 aliphatic carbocycles. The summed E-state index contributed by atoms with van der Waals surface area (Å²) in [6, 6.07) is 0. The van der Waals surface area contributed by atoms with E-state index >= 15 is 0 Å². The Morgan fingerprint density at radius 3 is 2.61 bits per heavy atom. The van der Waals surface area contributed by atoms with Crippen LogP contribution in [0.1, 0.15) is 85.0 Å². The molecule has 4 fully saturated rings. The minimum absolute atomic E-state index is 0.760. The van der Waals surface area contributed by atoms with Crippen molar-refractivity contribution in [2.24, 2.45) is 28.6 Å². The second-order valence-corrected chi connectivity index (χ2v) is 8.11. The van der Waals surface area contributed by atoms with Crippen molar-refractivity contribution in [3.63, 3.8) is 0 Å². The smallest absolute Gasteiger partial charge is 0.0264 e. The highest BCUT2D eigenvalue weighted by atomic mass is 14.6. The standard InChI is InChI=1S/C18H32/c1-4-6-7-8-17-10-15-9-16(12-17)14(3)18(5-2,11-15)13-17/h14-16H,4-13H2,1-3H3. The number of unbranched alkanes of at least 4 members (excludes halogenated alkanes) is 2. The Bertz CT molecular complexity index is 307. The molecule has 0 radical (unpaired) electrons. The van der Waals surface area contributed by atoms with E-state index < -0.39 is 0 Å². The van der Waals surface area contributed by atoms with Gasteiger partial charge in [-0.2, -0.15) is 0 Å². The number of hydrogen-bond acceptors (Lipinski definition) is 0. The maximum absolute atomic E-state index is 2.59. The zero-order valence-electron chi connectivity index (χ0n) is 12.8. The molecule has 0 aliphatic heterocycles. The van der Waals surface area contributed by atoms with Gasteiger partial charge in [-0.3, -0.25) is 0 Å². The van der Waals surface area contributed by atoms with Gasteiger partial charge in [-0.05, 0) is 67.1 Å². The van der Waals surface area contributed by atoms with Gasteiger partial charge in [0.05, 0.1) is 0 Å². The van der Waals surface area contributed by atoms with Gasteiger partial charge in [0.2, 0.25) is 0 Å². The summed E-state index contributed by atoms with van der Waals surface area (Å²) >= 11 is 0. The van der Waals surface area contributed by atoms with Crippen LogP contribution in [0.3, 0.4) is 0 Å². The van der Waals surface area contributed by atoms with Gasteiger partial charge in [0, 0.05) is 0 Å². The van der Waals surface area contributed by atoms with Crippen LogP contribution in [0, 0.1) is 28.6 Å². The van der Waals surface area contributed by atoms with E-state index in [1.54, 1.807) is 38.5 Å². The average Bonchev–Trinajstić information content (AvgIpc) is 2.35. The molecule has 0 heteroatoms. The van der Waals surface area contributed by atoms with Crippen molar-refractivity contribution in [1.29, 1.82) is 0 Å². The summed E-state index contributed by atoms with van der Waals surface area (Å²) in [6.07, 6.45) is 15.3. The molecule has 0 amide bonds. The molecule has 0 spiro atoms. The molecule has 104 valence electrons. The molecule has 0 aromatic rings. The van der Waals surface area contributed by atoms with Crippen molar-refractivity contribution in [3.8, 4) is 0 Å². The van der Waals surface area contributed by atoms with Crippen LogP contribution < -0.4 is 0 Å². The van der Waals surface area contributed by atoms with E-state index in [2.05, 4.69) is 20.8 Å². The second kappa shape index (κ2) is 4.53. The summed E-state index contributed by atoms with van der Waals surface area (Å²) in [7, 11) is 0. The molecule has 0 saturated heterocycles. The summed E-state index contributed by atoms with van der Waals surface area (Å²) in [5, 5.41) is 0. The molecule has 4 aliphatic rings. The molecule has 0 aromatic heterocycles. The predicted octanol–water partition coefficient (Wildman–Crippen LogP) is 5.81. The summed E-state index contributed by atoms with van der Waals surface area (Å²) in [5.74, 6) is 3.22. The van der Waals surface area contributed by atoms with E-state index in [0.717, 1.165) is 28.6 Å². The first kappa shape index (κ1) is 13.0. The molecule has 5 unspecified atom stereocenters. The Hall–Kier alpha value is 0. The highest BCUT2D eigenvalue weighted by Gasteiger charge is 2.59. The van der Waals surface area contributed by atoms with Gasteiger partial charge in [0.15, 0.2) is 0 Å². The molecule has 0 aromatic carbocycles. The van der Waals surface area contributed by atoms with Crippen LogP contribution in [0.2, 0.25) is 0 Å². The van der Waals surface area contributed by atoms with E-state index in [0.29, 0.717) is 0 Å². The SMILES string of the molecule is CCCCCC12CC3CC(C1)C(C)C(CC)(C3)C2. The molecule has 18 heavy (non-hydrogen) atoms. The number of hydrogen-bond donors (Lipinski definition) is 0. The van der Waals surface area contributed by atoms with Gasteiger partial charge in [0.1, 0.15) is 0 Å². The van der Waals surface area contributed by atoms with Gasteiger partial charge < -0.3 is 0 Å². The molecule has 0 heterocycles. The van der Waals surface area contributed by atoms with Crippen LogP contribution in [0.25, 0.3) is 0 Å². The van der Waals surface area contributed by atoms with Gasteiger partial charge in [-0.15, -0.1) is 0 Å². The van der Waals surface area contributed by atoms with E-state index in [9.17, 15) is 0 Å². The molecule has 0 nitrogen and oxygen atoms in total. The normalized spacial score (nSPS) is 49.8. The van der Waals surface area contributed by atoms with Crippen LogP contribution in [-0.4, -0.2) is 0 Å². The first-order chi connectivity index (χ1) is 8.63. The lowest BCUT2D eigenvalue weighted by Gasteiger charge is -2.65. The fourth-order valence-corrected chi connectivity index (χ4v) is 6.40. The molecule has 4 bridgehead atoms. The van der Waals surface area contributed by atoms with Gasteiger partial charge in [0.25, 0.3) is 0 Å². The summed E-state index contributed by atoms with van der Waals surface area (Å²) in [5.41, 5.74) is 1.56.